The number of nitrogens with zero attached hydrogens (tertiary/aromatic N) is 2. The number of benzene rings is 1. The van der Waals surface area contributed by atoms with Gasteiger partial charge in [0.05, 0.1) is 17.3 Å². The number of hydrogen-bond acceptors (Lipinski definition) is 3. The molecule has 0 bridgehead atoms. The van der Waals surface area contributed by atoms with Crippen molar-refractivity contribution in [3.8, 4) is 0 Å². The summed E-state index contributed by atoms with van der Waals surface area (Å²) >= 11 is 0. The van der Waals surface area contributed by atoms with E-state index in [0.717, 1.165) is 6.07 Å². The van der Waals surface area contributed by atoms with E-state index in [9.17, 15) is 13.2 Å². The number of aryl methyl sites for hydroxylation is 1. The number of hydrogen-bond donors (Lipinski definition) is 2. The molecular formula is C13H15F3N4. The Kier molecular flexibility index (Phi) is 4.10. The van der Waals surface area contributed by atoms with Gasteiger partial charge in [-0.25, -0.2) is 0 Å². The van der Waals surface area contributed by atoms with Gasteiger partial charge in [-0.2, -0.15) is 18.3 Å². The Morgan fingerprint density at radius 2 is 2.00 bits per heavy atom. The van der Waals surface area contributed by atoms with Gasteiger partial charge < -0.3 is 0 Å². The Morgan fingerprint density at radius 1 is 1.30 bits per heavy atom. The molecule has 7 heteroatoms. The molecule has 108 valence electrons. The van der Waals surface area contributed by atoms with Gasteiger partial charge in [0.1, 0.15) is 0 Å². The monoisotopic (exact) mass is 284 g/mol. The molecule has 2 aromatic rings. The minimum Gasteiger partial charge on any atom is -0.276 e. The summed E-state index contributed by atoms with van der Waals surface area (Å²) in [6.45, 7) is 0. The molecule has 2 rings (SSSR count). The maximum absolute atomic E-state index is 13.0. The van der Waals surface area contributed by atoms with E-state index in [1.165, 1.54) is 12.1 Å². The number of nitrogens with one attached hydrogen (secondary N) is 1. The zero-order valence-electron chi connectivity index (χ0n) is 10.9. The average Bonchev–Trinajstić information content (AvgIpc) is 2.80. The van der Waals surface area contributed by atoms with E-state index in [4.69, 9.17) is 5.84 Å². The molecule has 0 amide bonds. The zero-order valence-corrected chi connectivity index (χ0v) is 10.9. The third-order valence-electron chi connectivity index (χ3n) is 3.02. The Bertz CT molecular complexity index is 577. The molecule has 0 saturated carbocycles. The highest BCUT2D eigenvalue weighted by Gasteiger charge is 2.34. The van der Waals surface area contributed by atoms with Gasteiger partial charge in [0.15, 0.2) is 0 Å². The van der Waals surface area contributed by atoms with Crippen LogP contribution in [0, 0.1) is 0 Å². The van der Waals surface area contributed by atoms with Crippen LogP contribution in [0.4, 0.5) is 13.2 Å². The first-order valence-corrected chi connectivity index (χ1v) is 6.02. The Hall–Kier alpha value is -1.86. The highest BCUT2D eigenvalue weighted by Crippen LogP contribution is 2.35. The maximum atomic E-state index is 13.0. The summed E-state index contributed by atoms with van der Waals surface area (Å²) in [5.74, 6) is 5.42. The van der Waals surface area contributed by atoms with Crippen LogP contribution >= 0.6 is 0 Å². The first-order valence-electron chi connectivity index (χ1n) is 6.02. The van der Waals surface area contributed by atoms with Crippen molar-refractivity contribution in [2.45, 2.75) is 18.6 Å². The van der Waals surface area contributed by atoms with Gasteiger partial charge in [-0.1, -0.05) is 18.2 Å². The van der Waals surface area contributed by atoms with Gasteiger partial charge in [0, 0.05) is 19.7 Å². The Labute approximate surface area is 114 Å². The average molecular weight is 284 g/mol. The fourth-order valence-electron chi connectivity index (χ4n) is 2.10. The van der Waals surface area contributed by atoms with E-state index >= 15 is 0 Å². The standard InChI is InChI=1S/C13H15F3N4/c1-20-7-6-9(19-20)8-12(18-17)10-4-2-3-5-11(10)13(14,15)16/h2-7,12,18H,8,17H2,1H3. The third kappa shape index (κ3) is 3.17. The number of hydrazine groups is 1. The molecule has 0 aliphatic carbocycles. The summed E-state index contributed by atoms with van der Waals surface area (Å²) in [6.07, 6.45) is -2.39. The quantitative estimate of drug-likeness (QED) is 0.668. The lowest BCUT2D eigenvalue weighted by Crippen LogP contribution is -2.31. The van der Waals surface area contributed by atoms with E-state index in [-0.39, 0.29) is 12.0 Å². The third-order valence-corrected chi connectivity index (χ3v) is 3.02. The maximum Gasteiger partial charge on any atom is 0.416 e. The van der Waals surface area contributed by atoms with Crippen LogP contribution in [0.2, 0.25) is 0 Å². The lowest BCUT2D eigenvalue weighted by Gasteiger charge is -2.20. The molecule has 0 aliphatic heterocycles. The molecule has 1 aromatic heterocycles. The SMILES string of the molecule is Cn1ccc(CC(NN)c2ccccc2C(F)(F)F)n1. The lowest BCUT2D eigenvalue weighted by molar-refractivity contribution is -0.138. The van der Waals surface area contributed by atoms with Crippen molar-refractivity contribution in [2.75, 3.05) is 0 Å². The summed E-state index contributed by atoms with van der Waals surface area (Å²) in [4.78, 5) is 0. The molecule has 0 aliphatic rings. The van der Waals surface area contributed by atoms with Crippen LogP contribution in [0.1, 0.15) is 22.9 Å². The first-order chi connectivity index (χ1) is 9.41. The predicted molar refractivity (Wildman–Crippen MR) is 68.4 cm³/mol. The second-order valence-corrected chi connectivity index (χ2v) is 4.49. The van der Waals surface area contributed by atoms with Crippen LogP contribution < -0.4 is 11.3 Å². The Balaban J connectivity index is 2.32. The van der Waals surface area contributed by atoms with E-state index < -0.39 is 17.8 Å². The minimum absolute atomic E-state index is 0.119. The zero-order chi connectivity index (χ0) is 14.8. The van der Waals surface area contributed by atoms with E-state index in [1.54, 1.807) is 30.1 Å². The van der Waals surface area contributed by atoms with Gasteiger partial charge in [-0.15, -0.1) is 0 Å². The lowest BCUT2D eigenvalue weighted by atomic mass is 9.97. The predicted octanol–water partition coefficient (Wildman–Crippen LogP) is 2.19. The Morgan fingerprint density at radius 3 is 2.55 bits per heavy atom. The molecule has 3 N–H and O–H groups in total. The smallest absolute Gasteiger partial charge is 0.276 e. The van der Waals surface area contributed by atoms with Crippen LogP contribution in [0.3, 0.4) is 0 Å². The van der Waals surface area contributed by atoms with E-state index in [2.05, 4.69) is 10.5 Å². The van der Waals surface area contributed by atoms with Gasteiger partial charge in [-0.05, 0) is 17.7 Å². The summed E-state index contributed by atoms with van der Waals surface area (Å²) in [7, 11) is 1.75. The highest BCUT2D eigenvalue weighted by atomic mass is 19.4. The number of halogens is 3. The number of rotatable bonds is 4. The molecule has 0 saturated heterocycles. The van der Waals surface area contributed by atoms with Crippen LogP contribution in [-0.4, -0.2) is 9.78 Å². The van der Waals surface area contributed by atoms with Crippen LogP contribution in [0.15, 0.2) is 36.5 Å². The van der Waals surface area contributed by atoms with Gasteiger partial charge >= 0.3 is 6.18 Å². The minimum atomic E-state index is -4.41. The van der Waals surface area contributed by atoms with Crippen molar-refractivity contribution in [1.82, 2.24) is 15.2 Å². The highest BCUT2D eigenvalue weighted by molar-refractivity contribution is 5.33. The summed E-state index contributed by atoms with van der Waals surface area (Å²) in [5.41, 5.74) is 2.55. The normalized spacial score (nSPS) is 13.4. The molecule has 20 heavy (non-hydrogen) atoms. The summed E-state index contributed by atoms with van der Waals surface area (Å²) in [5, 5.41) is 4.16. The number of nitrogens with two attached hydrogens (primary N) is 1. The van der Waals surface area contributed by atoms with Gasteiger partial charge in [0.25, 0.3) is 0 Å². The molecule has 1 unspecified atom stereocenters. The topological polar surface area (TPSA) is 55.9 Å². The van der Waals surface area contributed by atoms with Crippen LogP contribution in [0.25, 0.3) is 0 Å². The molecule has 4 nitrogen and oxygen atoms in total. The summed E-state index contributed by atoms with van der Waals surface area (Å²) in [6, 6.07) is 6.51. The summed E-state index contributed by atoms with van der Waals surface area (Å²) < 4.78 is 40.6. The molecule has 1 aromatic carbocycles. The molecule has 0 fully saturated rings. The largest absolute Gasteiger partial charge is 0.416 e. The van der Waals surface area contributed by atoms with Gasteiger partial charge in [0.2, 0.25) is 0 Å². The van der Waals surface area contributed by atoms with Crippen molar-refractivity contribution >= 4 is 0 Å². The number of aromatic nitrogens is 2. The fraction of sp³-hybridized carbons (Fsp3) is 0.308. The van der Waals surface area contributed by atoms with Crippen molar-refractivity contribution in [3.05, 3.63) is 53.3 Å². The van der Waals surface area contributed by atoms with Crippen molar-refractivity contribution < 1.29 is 13.2 Å². The molecule has 0 spiro atoms. The van der Waals surface area contributed by atoms with Crippen molar-refractivity contribution in [1.29, 1.82) is 0 Å². The molecule has 1 atom stereocenters. The second-order valence-electron chi connectivity index (χ2n) is 4.49. The first kappa shape index (κ1) is 14.5. The van der Waals surface area contributed by atoms with Crippen LogP contribution in [0.5, 0.6) is 0 Å². The van der Waals surface area contributed by atoms with Crippen molar-refractivity contribution in [2.24, 2.45) is 12.9 Å². The van der Waals surface area contributed by atoms with Gasteiger partial charge in [-0.3, -0.25) is 16.0 Å². The van der Waals surface area contributed by atoms with Crippen LogP contribution in [-0.2, 0) is 19.6 Å². The van der Waals surface area contributed by atoms with E-state index in [0.29, 0.717) is 5.69 Å². The molecule has 0 radical (unpaired) electrons. The number of alkyl halides is 3. The second kappa shape index (κ2) is 5.64. The van der Waals surface area contributed by atoms with E-state index in [1.807, 2.05) is 0 Å². The molecular weight excluding hydrogens is 269 g/mol. The van der Waals surface area contributed by atoms with Crippen molar-refractivity contribution in [3.63, 3.8) is 0 Å². The fourth-order valence-corrected chi connectivity index (χ4v) is 2.10. The molecule has 1 heterocycles.